The molecule has 2 rings (SSSR count). The Balaban J connectivity index is 0.00000364. The molecule has 0 saturated heterocycles. The van der Waals surface area contributed by atoms with Gasteiger partial charge < -0.3 is 20.1 Å². The lowest BCUT2D eigenvalue weighted by molar-refractivity contribution is 0.310. The molecule has 0 amide bonds. The molecule has 1 heterocycles. The van der Waals surface area contributed by atoms with Gasteiger partial charge >= 0.3 is 0 Å². The molecule has 0 fully saturated rings. The van der Waals surface area contributed by atoms with Crippen molar-refractivity contribution in [3.8, 4) is 11.5 Å². The van der Waals surface area contributed by atoms with Gasteiger partial charge in [0.2, 0.25) is 0 Å². The maximum absolute atomic E-state index is 5.63. The largest absolute Gasteiger partial charge is 0.493 e. The van der Waals surface area contributed by atoms with Crippen molar-refractivity contribution in [3.05, 3.63) is 39.8 Å². The predicted octanol–water partition coefficient (Wildman–Crippen LogP) is 3.77. The summed E-state index contributed by atoms with van der Waals surface area (Å²) in [6, 6.07) is 5.90. The highest BCUT2D eigenvalue weighted by Gasteiger charge is 2.06. The van der Waals surface area contributed by atoms with Crippen LogP contribution in [-0.2, 0) is 13.0 Å². The predicted molar refractivity (Wildman–Crippen MR) is 123 cm³/mol. The average Bonchev–Trinajstić information content (AvgIpc) is 3.05. The van der Waals surface area contributed by atoms with E-state index < -0.39 is 0 Å². The van der Waals surface area contributed by atoms with Gasteiger partial charge in [-0.25, -0.2) is 9.98 Å². The smallest absolute Gasteiger partial charge is 0.191 e. The SMILES string of the molecule is CCNC(=NCc1ccc(OC)c(OCC)c1)NCCc1csc(C)n1.I. The summed E-state index contributed by atoms with van der Waals surface area (Å²) in [6.45, 7) is 8.82. The van der Waals surface area contributed by atoms with Gasteiger partial charge in [0.1, 0.15) is 0 Å². The Labute approximate surface area is 182 Å². The third kappa shape index (κ3) is 7.92. The van der Waals surface area contributed by atoms with Gasteiger partial charge in [-0.2, -0.15) is 0 Å². The van der Waals surface area contributed by atoms with Crippen molar-refractivity contribution >= 4 is 41.3 Å². The molecule has 2 aromatic rings. The molecular formula is C19H29IN4O2S. The maximum atomic E-state index is 5.63. The van der Waals surface area contributed by atoms with Gasteiger partial charge in [0.15, 0.2) is 17.5 Å². The fourth-order valence-electron chi connectivity index (χ4n) is 2.43. The number of nitrogens with one attached hydrogen (secondary N) is 2. The Hall–Kier alpha value is -1.55. The van der Waals surface area contributed by atoms with Crippen molar-refractivity contribution in [2.24, 2.45) is 4.99 Å². The minimum absolute atomic E-state index is 0. The first kappa shape index (κ1) is 23.5. The number of ether oxygens (including phenoxy) is 2. The van der Waals surface area contributed by atoms with Gasteiger partial charge in [-0.3, -0.25) is 0 Å². The van der Waals surface area contributed by atoms with Gasteiger partial charge in [-0.15, -0.1) is 35.3 Å². The fourth-order valence-corrected chi connectivity index (χ4v) is 3.08. The normalized spacial score (nSPS) is 10.9. The number of thiazole rings is 1. The van der Waals surface area contributed by atoms with Crippen molar-refractivity contribution in [1.82, 2.24) is 15.6 Å². The number of guanidine groups is 1. The second-order valence-corrected chi connectivity index (χ2v) is 6.71. The highest BCUT2D eigenvalue weighted by atomic mass is 127. The van der Waals surface area contributed by atoms with Gasteiger partial charge in [0, 0.05) is 24.9 Å². The van der Waals surface area contributed by atoms with Crippen LogP contribution in [0.4, 0.5) is 0 Å². The Morgan fingerprint density at radius 3 is 2.67 bits per heavy atom. The molecule has 1 aromatic carbocycles. The lowest BCUT2D eigenvalue weighted by atomic mass is 10.2. The van der Waals surface area contributed by atoms with Crippen molar-refractivity contribution in [2.45, 2.75) is 33.7 Å². The quantitative estimate of drug-likeness (QED) is 0.309. The lowest BCUT2D eigenvalue weighted by Gasteiger charge is -2.12. The summed E-state index contributed by atoms with van der Waals surface area (Å²) in [7, 11) is 1.65. The highest BCUT2D eigenvalue weighted by molar-refractivity contribution is 14.0. The molecule has 1 aromatic heterocycles. The standard InChI is InChI=1S/C19H28N4O2S.HI/c1-5-20-19(21-10-9-16-13-26-14(3)23-16)22-12-15-7-8-17(24-4)18(11-15)25-6-2;/h7-8,11,13H,5-6,9-10,12H2,1-4H3,(H2,20,21,22);1H. The molecule has 0 aliphatic carbocycles. The summed E-state index contributed by atoms with van der Waals surface area (Å²) in [5.41, 5.74) is 2.19. The molecule has 0 saturated carbocycles. The molecule has 0 atom stereocenters. The van der Waals surface area contributed by atoms with Crippen molar-refractivity contribution in [3.63, 3.8) is 0 Å². The number of halogens is 1. The van der Waals surface area contributed by atoms with Crippen LogP contribution in [0.1, 0.15) is 30.1 Å². The minimum atomic E-state index is 0. The molecule has 27 heavy (non-hydrogen) atoms. The Kier molecular flexibility index (Phi) is 11.1. The minimum Gasteiger partial charge on any atom is -0.493 e. The number of aliphatic imine (C=N–C) groups is 1. The van der Waals surface area contributed by atoms with E-state index in [9.17, 15) is 0 Å². The molecule has 6 nitrogen and oxygen atoms in total. The molecule has 0 aliphatic heterocycles. The van der Waals surface area contributed by atoms with Crippen molar-refractivity contribution < 1.29 is 9.47 Å². The first-order valence-corrected chi connectivity index (χ1v) is 9.77. The number of hydrogen-bond donors (Lipinski definition) is 2. The molecule has 0 bridgehead atoms. The van der Waals surface area contributed by atoms with Crippen LogP contribution >= 0.6 is 35.3 Å². The molecule has 0 aliphatic rings. The summed E-state index contributed by atoms with van der Waals surface area (Å²) in [4.78, 5) is 9.14. The fraction of sp³-hybridized carbons (Fsp3) is 0.474. The topological polar surface area (TPSA) is 67.8 Å². The van der Waals surface area contributed by atoms with Crippen LogP contribution < -0.4 is 20.1 Å². The van der Waals surface area contributed by atoms with E-state index in [1.54, 1.807) is 18.4 Å². The zero-order chi connectivity index (χ0) is 18.8. The van der Waals surface area contributed by atoms with Gasteiger partial charge in [0.05, 0.1) is 31.0 Å². The Morgan fingerprint density at radius 2 is 2.04 bits per heavy atom. The van der Waals surface area contributed by atoms with Crippen LogP contribution in [0.25, 0.3) is 0 Å². The Bertz CT molecular complexity index is 721. The van der Waals surface area contributed by atoms with E-state index in [0.29, 0.717) is 13.2 Å². The highest BCUT2D eigenvalue weighted by Crippen LogP contribution is 2.28. The second kappa shape index (κ2) is 12.8. The van der Waals surface area contributed by atoms with Crippen LogP contribution in [0, 0.1) is 6.92 Å². The van der Waals surface area contributed by atoms with E-state index in [1.807, 2.05) is 32.0 Å². The van der Waals surface area contributed by atoms with Crippen molar-refractivity contribution in [1.29, 1.82) is 0 Å². The molecule has 0 unspecified atom stereocenters. The van der Waals surface area contributed by atoms with E-state index in [-0.39, 0.29) is 24.0 Å². The summed E-state index contributed by atoms with van der Waals surface area (Å²) in [6.07, 6.45) is 0.881. The first-order chi connectivity index (χ1) is 12.7. The summed E-state index contributed by atoms with van der Waals surface area (Å²) < 4.78 is 11.0. The van der Waals surface area contributed by atoms with E-state index in [0.717, 1.165) is 53.2 Å². The molecule has 8 heteroatoms. The maximum Gasteiger partial charge on any atom is 0.191 e. The van der Waals surface area contributed by atoms with Crippen LogP contribution in [0.5, 0.6) is 11.5 Å². The molecule has 0 spiro atoms. The third-order valence-corrected chi connectivity index (χ3v) is 4.45. The van der Waals surface area contributed by atoms with Gasteiger partial charge in [-0.1, -0.05) is 6.07 Å². The zero-order valence-corrected chi connectivity index (χ0v) is 19.5. The van der Waals surface area contributed by atoms with E-state index in [2.05, 4.69) is 32.9 Å². The van der Waals surface area contributed by atoms with E-state index >= 15 is 0 Å². The van der Waals surface area contributed by atoms with Crippen molar-refractivity contribution in [2.75, 3.05) is 26.8 Å². The van der Waals surface area contributed by atoms with Gasteiger partial charge in [0.25, 0.3) is 0 Å². The van der Waals surface area contributed by atoms with E-state index in [4.69, 9.17) is 9.47 Å². The van der Waals surface area contributed by atoms with Crippen LogP contribution in [-0.4, -0.2) is 37.7 Å². The zero-order valence-electron chi connectivity index (χ0n) is 16.4. The lowest BCUT2D eigenvalue weighted by Crippen LogP contribution is -2.38. The number of aryl methyl sites for hydroxylation is 1. The van der Waals surface area contributed by atoms with Crippen LogP contribution in [0.15, 0.2) is 28.6 Å². The summed E-state index contributed by atoms with van der Waals surface area (Å²) in [5.74, 6) is 2.29. The number of methoxy groups -OCH3 is 1. The summed E-state index contributed by atoms with van der Waals surface area (Å²) in [5, 5.41) is 9.84. The number of rotatable bonds is 9. The third-order valence-electron chi connectivity index (χ3n) is 3.63. The van der Waals surface area contributed by atoms with Crippen LogP contribution in [0.3, 0.4) is 0 Å². The number of aromatic nitrogens is 1. The molecule has 150 valence electrons. The Morgan fingerprint density at radius 1 is 1.22 bits per heavy atom. The monoisotopic (exact) mass is 504 g/mol. The number of benzene rings is 1. The van der Waals surface area contributed by atoms with Gasteiger partial charge in [-0.05, 0) is 38.5 Å². The van der Waals surface area contributed by atoms with E-state index in [1.165, 1.54) is 0 Å². The first-order valence-electron chi connectivity index (χ1n) is 8.89. The number of nitrogens with zero attached hydrogens (tertiary/aromatic N) is 2. The molecular weight excluding hydrogens is 475 g/mol. The second-order valence-electron chi connectivity index (χ2n) is 5.65. The average molecular weight is 504 g/mol. The number of hydrogen-bond acceptors (Lipinski definition) is 5. The summed E-state index contributed by atoms with van der Waals surface area (Å²) >= 11 is 1.68. The molecule has 2 N–H and O–H groups in total. The molecule has 0 radical (unpaired) electrons. The van der Waals surface area contributed by atoms with Crippen LogP contribution in [0.2, 0.25) is 0 Å².